The molecule has 4 nitrogen and oxygen atoms in total. The minimum absolute atomic E-state index is 0.389. The van der Waals surface area contributed by atoms with Gasteiger partial charge in [0.2, 0.25) is 0 Å². The van der Waals surface area contributed by atoms with Gasteiger partial charge in [-0.05, 0) is 51.0 Å². The molecule has 3 rings (SSSR count). The summed E-state index contributed by atoms with van der Waals surface area (Å²) in [6, 6.07) is 7.73. The van der Waals surface area contributed by atoms with E-state index < -0.39 is 0 Å². The van der Waals surface area contributed by atoms with Crippen LogP contribution in [0.5, 0.6) is 0 Å². The minimum Gasteiger partial charge on any atom is -0.399 e. The molecule has 5 heteroatoms. The van der Waals surface area contributed by atoms with E-state index in [4.69, 9.17) is 15.0 Å². The number of nitrogens with two attached hydrogens (primary N) is 1. The van der Waals surface area contributed by atoms with E-state index in [-0.39, 0.29) is 0 Å². The number of rotatable bonds is 5. The maximum absolute atomic E-state index is 5.87. The van der Waals surface area contributed by atoms with Crippen LogP contribution in [-0.2, 0) is 10.5 Å². The molecule has 0 spiro atoms. The van der Waals surface area contributed by atoms with Crippen molar-refractivity contribution in [1.29, 1.82) is 0 Å². The van der Waals surface area contributed by atoms with Gasteiger partial charge in [0.1, 0.15) is 0 Å². The van der Waals surface area contributed by atoms with E-state index in [1.165, 1.54) is 18.4 Å². The van der Waals surface area contributed by atoms with Gasteiger partial charge in [0, 0.05) is 28.3 Å². The number of benzene rings is 1. The summed E-state index contributed by atoms with van der Waals surface area (Å²) in [6.45, 7) is 4.14. The highest BCUT2D eigenvalue weighted by Crippen LogP contribution is 2.31. The first kappa shape index (κ1) is 15.4. The van der Waals surface area contributed by atoms with Crippen LogP contribution in [0.15, 0.2) is 28.8 Å². The molecule has 0 bridgehead atoms. The number of nitrogens with zero attached hydrogens (tertiary/aromatic N) is 1. The van der Waals surface area contributed by atoms with Gasteiger partial charge in [-0.15, -0.1) is 0 Å². The van der Waals surface area contributed by atoms with E-state index >= 15 is 0 Å². The summed E-state index contributed by atoms with van der Waals surface area (Å²) in [5, 5.41) is 4.13. The first-order valence-electron chi connectivity index (χ1n) is 7.67. The van der Waals surface area contributed by atoms with Gasteiger partial charge in [0.05, 0.1) is 17.9 Å². The van der Waals surface area contributed by atoms with Crippen LogP contribution < -0.4 is 5.73 Å². The molecule has 2 aromatic rings. The molecule has 0 radical (unpaired) electrons. The average Bonchev–Trinajstić information content (AvgIpc) is 3.07. The highest BCUT2D eigenvalue weighted by molar-refractivity contribution is 7.98. The van der Waals surface area contributed by atoms with Crippen molar-refractivity contribution in [3.63, 3.8) is 0 Å². The predicted molar refractivity (Wildman–Crippen MR) is 90.8 cm³/mol. The van der Waals surface area contributed by atoms with Crippen LogP contribution in [0.25, 0.3) is 11.3 Å². The fourth-order valence-electron chi connectivity index (χ4n) is 2.72. The molecule has 2 atom stereocenters. The van der Waals surface area contributed by atoms with Crippen LogP contribution in [0, 0.1) is 6.92 Å². The summed E-state index contributed by atoms with van der Waals surface area (Å²) in [6.07, 6.45) is 3.14. The second-order valence-corrected chi connectivity index (χ2v) is 6.89. The molecule has 0 amide bonds. The Balaban J connectivity index is 1.66. The second kappa shape index (κ2) is 6.75. The molecule has 118 valence electrons. The number of hydrogen-bond acceptors (Lipinski definition) is 5. The molecule has 1 aromatic heterocycles. The van der Waals surface area contributed by atoms with Crippen molar-refractivity contribution in [2.24, 2.45) is 0 Å². The Morgan fingerprint density at radius 1 is 1.27 bits per heavy atom. The van der Waals surface area contributed by atoms with Crippen LogP contribution in [0.1, 0.15) is 31.0 Å². The summed E-state index contributed by atoms with van der Waals surface area (Å²) in [5.41, 5.74) is 9.65. The lowest BCUT2D eigenvalue weighted by molar-refractivity contribution is 0.0700. The van der Waals surface area contributed by atoms with Gasteiger partial charge < -0.3 is 15.0 Å². The third-order valence-electron chi connectivity index (χ3n) is 4.03. The Bertz CT molecular complexity index is 624. The van der Waals surface area contributed by atoms with Crippen LogP contribution >= 0.6 is 11.8 Å². The fraction of sp³-hybridized carbons (Fsp3) is 0.471. The van der Waals surface area contributed by atoms with E-state index in [2.05, 4.69) is 12.1 Å². The van der Waals surface area contributed by atoms with Gasteiger partial charge in [0.15, 0.2) is 5.76 Å². The first-order chi connectivity index (χ1) is 10.6. The quantitative estimate of drug-likeness (QED) is 0.843. The van der Waals surface area contributed by atoms with Gasteiger partial charge in [-0.2, -0.15) is 11.8 Å². The zero-order chi connectivity index (χ0) is 15.5. The van der Waals surface area contributed by atoms with Crippen LogP contribution in [0.4, 0.5) is 5.69 Å². The standard InChI is InChI=1S/C17H22N2O2S/c1-11-3-8-15(20-11)9-22-10-16-12(2)19-21-17(16)13-4-6-14(18)7-5-13/h4-7,11,15H,3,8-10,18H2,1-2H3/t11-,15-/m0/s1. The number of nitrogen functional groups attached to an aromatic ring is 1. The average molecular weight is 318 g/mol. The molecule has 1 aromatic carbocycles. The highest BCUT2D eigenvalue weighted by Gasteiger charge is 2.22. The normalized spacial score (nSPS) is 21.4. The van der Waals surface area contributed by atoms with E-state index in [9.17, 15) is 0 Å². The maximum atomic E-state index is 5.87. The minimum atomic E-state index is 0.389. The van der Waals surface area contributed by atoms with Gasteiger partial charge >= 0.3 is 0 Å². The monoisotopic (exact) mass is 318 g/mol. The topological polar surface area (TPSA) is 61.3 Å². The van der Waals surface area contributed by atoms with Crippen molar-refractivity contribution in [2.75, 3.05) is 11.5 Å². The van der Waals surface area contributed by atoms with Crippen molar-refractivity contribution in [1.82, 2.24) is 5.16 Å². The van der Waals surface area contributed by atoms with Crippen molar-refractivity contribution in [2.45, 2.75) is 44.6 Å². The van der Waals surface area contributed by atoms with E-state index in [0.717, 1.165) is 34.2 Å². The van der Waals surface area contributed by atoms with Crippen molar-refractivity contribution in [3.8, 4) is 11.3 Å². The van der Waals surface area contributed by atoms with Crippen molar-refractivity contribution < 1.29 is 9.26 Å². The first-order valence-corrected chi connectivity index (χ1v) is 8.83. The van der Waals surface area contributed by atoms with Gasteiger partial charge in [0.25, 0.3) is 0 Å². The third kappa shape index (κ3) is 3.47. The Hall–Kier alpha value is -1.46. The van der Waals surface area contributed by atoms with Gasteiger partial charge in [-0.25, -0.2) is 0 Å². The SMILES string of the molecule is Cc1noc(-c2ccc(N)cc2)c1CSC[C@@H]1CC[C@H](C)O1. The van der Waals surface area contributed by atoms with E-state index in [1.807, 2.05) is 43.0 Å². The van der Waals surface area contributed by atoms with Crippen LogP contribution in [0.3, 0.4) is 0 Å². The molecular weight excluding hydrogens is 296 g/mol. The van der Waals surface area contributed by atoms with Crippen molar-refractivity contribution >= 4 is 17.4 Å². The third-order valence-corrected chi connectivity index (χ3v) is 5.13. The lowest BCUT2D eigenvalue weighted by Crippen LogP contribution is -2.11. The largest absolute Gasteiger partial charge is 0.399 e. The summed E-state index contributed by atoms with van der Waals surface area (Å²) in [5.74, 6) is 2.77. The molecule has 1 fully saturated rings. The molecule has 2 N–H and O–H groups in total. The zero-order valence-electron chi connectivity index (χ0n) is 13.0. The van der Waals surface area contributed by atoms with Gasteiger partial charge in [-0.3, -0.25) is 0 Å². The number of aryl methyl sites for hydroxylation is 1. The lowest BCUT2D eigenvalue weighted by Gasteiger charge is -2.10. The molecule has 0 aliphatic carbocycles. The summed E-state index contributed by atoms with van der Waals surface area (Å²) < 4.78 is 11.4. The highest BCUT2D eigenvalue weighted by atomic mass is 32.2. The number of anilines is 1. The number of thioether (sulfide) groups is 1. The predicted octanol–water partition coefficient (Wildman–Crippen LogP) is 4.03. The summed E-state index contributed by atoms with van der Waals surface area (Å²) in [7, 11) is 0. The van der Waals surface area contributed by atoms with Crippen LogP contribution in [0.2, 0.25) is 0 Å². The number of hydrogen-bond donors (Lipinski definition) is 1. The molecule has 0 unspecified atom stereocenters. The maximum Gasteiger partial charge on any atom is 0.171 e. The van der Waals surface area contributed by atoms with Crippen molar-refractivity contribution in [3.05, 3.63) is 35.5 Å². The van der Waals surface area contributed by atoms with Crippen LogP contribution in [-0.4, -0.2) is 23.1 Å². The lowest BCUT2D eigenvalue weighted by atomic mass is 10.1. The second-order valence-electron chi connectivity index (χ2n) is 5.86. The van der Waals surface area contributed by atoms with Gasteiger partial charge in [-0.1, -0.05) is 5.16 Å². The summed E-state index contributed by atoms with van der Waals surface area (Å²) in [4.78, 5) is 0. The van der Waals surface area contributed by atoms with E-state index in [1.54, 1.807) is 0 Å². The Kier molecular flexibility index (Phi) is 4.74. The molecule has 22 heavy (non-hydrogen) atoms. The van der Waals surface area contributed by atoms with E-state index in [0.29, 0.717) is 12.2 Å². The molecule has 0 saturated carbocycles. The summed E-state index contributed by atoms with van der Waals surface area (Å²) >= 11 is 1.89. The molecule has 2 heterocycles. The zero-order valence-corrected chi connectivity index (χ0v) is 13.9. The number of aromatic nitrogens is 1. The number of ether oxygens (including phenoxy) is 1. The molecular formula is C17H22N2O2S. The Morgan fingerprint density at radius 3 is 2.73 bits per heavy atom. The molecule has 1 aliphatic heterocycles. The Labute approximate surface area is 135 Å². The fourth-order valence-corrected chi connectivity index (χ4v) is 3.89. The smallest absolute Gasteiger partial charge is 0.171 e. The molecule has 1 saturated heterocycles. The Morgan fingerprint density at radius 2 is 2.05 bits per heavy atom. The molecule has 1 aliphatic rings.